The van der Waals surface area contributed by atoms with Crippen molar-refractivity contribution >= 4 is 46.3 Å². The molecular weight excluding hydrogens is 496 g/mol. The van der Waals surface area contributed by atoms with Crippen molar-refractivity contribution in [1.82, 2.24) is 29.2 Å². The maximum absolute atomic E-state index is 13.3. The number of aromatic nitrogens is 6. The zero-order valence-corrected chi connectivity index (χ0v) is 19.1. The van der Waals surface area contributed by atoms with Crippen molar-refractivity contribution in [3.8, 4) is 22.6 Å². The molecule has 0 atom stereocenters. The first-order valence-electron chi connectivity index (χ1n) is 9.65. The first-order chi connectivity index (χ1) is 15.8. The Kier molecular flexibility index (Phi) is 5.46. The summed E-state index contributed by atoms with van der Waals surface area (Å²) in [5.74, 6) is 0.899. The van der Waals surface area contributed by atoms with Gasteiger partial charge in [0.2, 0.25) is 0 Å². The maximum Gasteiger partial charge on any atom is 0.417 e. The van der Waals surface area contributed by atoms with Crippen LogP contribution in [-0.2, 0) is 6.18 Å². The highest BCUT2D eigenvalue weighted by atomic mass is 35.5. The molecule has 4 heterocycles. The molecule has 5 aromatic rings. The lowest BCUT2D eigenvalue weighted by molar-refractivity contribution is -0.137. The van der Waals surface area contributed by atoms with Crippen LogP contribution >= 0.6 is 35.0 Å². The molecule has 0 aliphatic heterocycles. The SMILES string of the molecule is CCSc1nn2c(-c3cc(Cl)cc(Cl)c3)ccnc2c1-c1nnc2ccc(C(F)(F)F)cn12. The normalized spacial score (nSPS) is 12.2. The highest BCUT2D eigenvalue weighted by molar-refractivity contribution is 7.99. The number of benzene rings is 1. The van der Waals surface area contributed by atoms with Gasteiger partial charge >= 0.3 is 6.18 Å². The van der Waals surface area contributed by atoms with Gasteiger partial charge in [-0.25, -0.2) is 9.50 Å². The Labute approximate surface area is 199 Å². The van der Waals surface area contributed by atoms with Gasteiger partial charge in [0.05, 0.1) is 16.8 Å². The van der Waals surface area contributed by atoms with E-state index in [-0.39, 0.29) is 11.5 Å². The van der Waals surface area contributed by atoms with E-state index in [2.05, 4.69) is 15.2 Å². The summed E-state index contributed by atoms with van der Waals surface area (Å²) >= 11 is 13.8. The summed E-state index contributed by atoms with van der Waals surface area (Å²) in [5, 5.41) is 14.4. The molecule has 0 spiro atoms. The molecule has 5 rings (SSSR count). The van der Waals surface area contributed by atoms with Crippen LogP contribution < -0.4 is 0 Å². The van der Waals surface area contributed by atoms with Gasteiger partial charge in [0.1, 0.15) is 5.03 Å². The number of nitrogens with zero attached hydrogens (tertiary/aromatic N) is 6. The third-order valence-electron chi connectivity index (χ3n) is 4.88. The van der Waals surface area contributed by atoms with E-state index in [0.29, 0.717) is 43.3 Å². The molecule has 0 amide bonds. The summed E-state index contributed by atoms with van der Waals surface area (Å²) in [6, 6.07) is 9.14. The average molecular weight is 509 g/mol. The van der Waals surface area contributed by atoms with Gasteiger partial charge in [-0.15, -0.1) is 22.0 Å². The van der Waals surface area contributed by atoms with Crippen LogP contribution in [-0.4, -0.2) is 34.9 Å². The fourth-order valence-corrected chi connectivity index (χ4v) is 4.77. The molecule has 168 valence electrons. The van der Waals surface area contributed by atoms with Crippen molar-refractivity contribution in [2.45, 2.75) is 18.1 Å². The van der Waals surface area contributed by atoms with Gasteiger partial charge in [0.25, 0.3) is 0 Å². The molecule has 12 heteroatoms. The molecule has 0 bridgehead atoms. The van der Waals surface area contributed by atoms with Crippen LogP contribution in [0.15, 0.2) is 53.8 Å². The van der Waals surface area contributed by atoms with Crippen molar-refractivity contribution in [2.24, 2.45) is 0 Å². The van der Waals surface area contributed by atoms with Crippen molar-refractivity contribution in [3.05, 3.63) is 64.4 Å². The average Bonchev–Trinajstić information content (AvgIpc) is 3.32. The minimum Gasteiger partial charge on any atom is -0.282 e. The molecule has 0 N–H and O–H groups in total. The Morgan fingerprint density at radius 3 is 2.48 bits per heavy atom. The summed E-state index contributed by atoms with van der Waals surface area (Å²) in [7, 11) is 0. The van der Waals surface area contributed by atoms with Gasteiger partial charge in [-0.2, -0.15) is 18.3 Å². The van der Waals surface area contributed by atoms with E-state index in [1.165, 1.54) is 22.2 Å². The van der Waals surface area contributed by atoms with E-state index in [0.717, 1.165) is 12.3 Å². The molecule has 0 fully saturated rings. The first kappa shape index (κ1) is 22.0. The molecule has 0 radical (unpaired) electrons. The van der Waals surface area contributed by atoms with Gasteiger partial charge in [0, 0.05) is 28.0 Å². The third kappa shape index (κ3) is 3.92. The predicted octanol–water partition coefficient (Wildman–Crippen LogP) is 6.54. The number of hydrogen-bond donors (Lipinski definition) is 0. The van der Waals surface area contributed by atoms with Crippen LogP contribution in [0.4, 0.5) is 13.2 Å². The second-order valence-corrected chi connectivity index (χ2v) is 9.13. The monoisotopic (exact) mass is 508 g/mol. The number of thioether (sulfide) groups is 1. The summed E-state index contributed by atoms with van der Waals surface area (Å²) < 4.78 is 43.0. The maximum atomic E-state index is 13.3. The fourth-order valence-electron chi connectivity index (χ4n) is 3.51. The van der Waals surface area contributed by atoms with E-state index in [4.69, 9.17) is 28.3 Å². The van der Waals surface area contributed by atoms with Crippen molar-refractivity contribution in [2.75, 3.05) is 5.75 Å². The second kappa shape index (κ2) is 8.19. The summed E-state index contributed by atoms with van der Waals surface area (Å²) in [6.07, 6.45) is -1.93. The molecule has 4 aromatic heterocycles. The Hall–Kier alpha value is -2.82. The predicted molar refractivity (Wildman–Crippen MR) is 122 cm³/mol. The van der Waals surface area contributed by atoms with Crippen LogP contribution in [0.25, 0.3) is 33.9 Å². The summed E-state index contributed by atoms with van der Waals surface area (Å²) in [6.45, 7) is 1.95. The molecule has 6 nitrogen and oxygen atoms in total. The first-order valence-corrected chi connectivity index (χ1v) is 11.4. The van der Waals surface area contributed by atoms with Crippen LogP contribution in [0.3, 0.4) is 0 Å². The van der Waals surface area contributed by atoms with Crippen molar-refractivity contribution < 1.29 is 13.2 Å². The molecule has 0 aliphatic rings. The quantitative estimate of drug-likeness (QED) is 0.258. The van der Waals surface area contributed by atoms with Gasteiger partial charge in [0.15, 0.2) is 17.1 Å². The van der Waals surface area contributed by atoms with Gasteiger partial charge in [-0.1, -0.05) is 30.1 Å². The Morgan fingerprint density at radius 2 is 1.79 bits per heavy atom. The number of alkyl halides is 3. The minimum atomic E-state index is -4.50. The van der Waals surface area contributed by atoms with Gasteiger partial charge in [-0.3, -0.25) is 4.40 Å². The number of hydrogen-bond acceptors (Lipinski definition) is 5. The van der Waals surface area contributed by atoms with E-state index in [9.17, 15) is 13.2 Å². The number of halogens is 5. The fraction of sp³-hybridized carbons (Fsp3) is 0.143. The molecule has 0 aliphatic carbocycles. The highest BCUT2D eigenvalue weighted by Crippen LogP contribution is 2.37. The Bertz CT molecular complexity index is 1490. The van der Waals surface area contributed by atoms with Crippen LogP contribution in [0, 0.1) is 0 Å². The molecule has 1 aromatic carbocycles. The Morgan fingerprint density at radius 1 is 1.03 bits per heavy atom. The van der Waals surface area contributed by atoms with E-state index in [1.54, 1.807) is 35.0 Å². The van der Waals surface area contributed by atoms with Gasteiger partial charge < -0.3 is 0 Å². The lowest BCUT2D eigenvalue weighted by Crippen LogP contribution is -2.06. The third-order valence-corrected chi connectivity index (χ3v) is 6.16. The largest absolute Gasteiger partial charge is 0.417 e. The number of pyridine rings is 1. The number of fused-ring (bicyclic) bond motifs is 2. The molecule has 0 saturated carbocycles. The molecule has 0 unspecified atom stereocenters. The smallest absolute Gasteiger partial charge is 0.282 e. The zero-order chi connectivity index (χ0) is 23.3. The van der Waals surface area contributed by atoms with Crippen molar-refractivity contribution in [3.63, 3.8) is 0 Å². The minimum absolute atomic E-state index is 0.218. The van der Waals surface area contributed by atoms with Crippen molar-refractivity contribution in [1.29, 1.82) is 0 Å². The topological polar surface area (TPSA) is 60.4 Å². The number of rotatable bonds is 4. The molecule has 33 heavy (non-hydrogen) atoms. The van der Waals surface area contributed by atoms with Crippen LogP contribution in [0.1, 0.15) is 12.5 Å². The summed E-state index contributed by atoms with van der Waals surface area (Å²) in [4.78, 5) is 4.47. The van der Waals surface area contributed by atoms with E-state index in [1.807, 2.05) is 6.92 Å². The van der Waals surface area contributed by atoms with Gasteiger partial charge in [-0.05, 0) is 42.2 Å². The Balaban J connectivity index is 1.80. The summed E-state index contributed by atoms with van der Waals surface area (Å²) in [5.41, 5.74) is 1.77. The van der Waals surface area contributed by atoms with Crippen LogP contribution in [0.5, 0.6) is 0 Å². The zero-order valence-electron chi connectivity index (χ0n) is 16.8. The van der Waals surface area contributed by atoms with Crippen LogP contribution in [0.2, 0.25) is 10.0 Å². The van der Waals surface area contributed by atoms with E-state index >= 15 is 0 Å². The standard InChI is InChI=1S/C21H13Cl2F3N6S/c1-2-33-20-17(19-29-28-16-4-3-12(10-31(16)19)21(24,25)26)18-27-6-5-15(32(18)30-20)11-7-13(22)9-14(23)8-11/h3-10H,2H2,1H3. The second-order valence-electron chi connectivity index (χ2n) is 7.00. The lowest BCUT2D eigenvalue weighted by Gasteiger charge is -2.08. The van der Waals surface area contributed by atoms with E-state index < -0.39 is 11.7 Å². The lowest BCUT2D eigenvalue weighted by atomic mass is 10.1. The molecular formula is C21H13Cl2F3N6S. The highest BCUT2D eigenvalue weighted by Gasteiger charge is 2.32. The molecule has 0 saturated heterocycles.